The van der Waals surface area contributed by atoms with Gasteiger partial charge in [0.1, 0.15) is 0 Å². The van der Waals surface area contributed by atoms with Gasteiger partial charge in [-0.05, 0) is 48.6 Å². The van der Waals surface area contributed by atoms with Crippen molar-refractivity contribution in [3.05, 3.63) is 35.4 Å². The molecule has 0 spiro atoms. The maximum absolute atomic E-state index is 10.7. The van der Waals surface area contributed by atoms with Crippen molar-refractivity contribution in [1.29, 1.82) is 0 Å². The zero-order valence-corrected chi connectivity index (χ0v) is 15.7. The summed E-state index contributed by atoms with van der Waals surface area (Å²) in [5, 5.41) is 0. The molecule has 0 amide bonds. The molecular formula is C19H27F3O3S. The molecule has 0 atom stereocenters. The Bertz CT molecular complexity index is 626. The van der Waals surface area contributed by atoms with Crippen LogP contribution in [0.3, 0.4) is 0 Å². The van der Waals surface area contributed by atoms with E-state index < -0.39 is 15.6 Å². The molecular weight excluding hydrogens is 365 g/mol. The van der Waals surface area contributed by atoms with Crippen LogP contribution in [-0.4, -0.2) is 18.5 Å². The molecule has 0 bridgehead atoms. The van der Waals surface area contributed by atoms with Gasteiger partial charge in [0, 0.05) is 0 Å². The zero-order valence-electron chi connectivity index (χ0n) is 14.8. The first kappa shape index (κ1) is 21.2. The van der Waals surface area contributed by atoms with Crippen LogP contribution in [0.1, 0.15) is 87.2 Å². The molecule has 2 aliphatic rings. The van der Waals surface area contributed by atoms with Crippen molar-refractivity contribution in [3.8, 4) is 0 Å². The van der Waals surface area contributed by atoms with Crippen molar-refractivity contribution >= 4 is 10.1 Å². The highest BCUT2D eigenvalue weighted by Crippen LogP contribution is 2.37. The summed E-state index contributed by atoms with van der Waals surface area (Å²) in [6.07, 6.45) is 14.4. The highest BCUT2D eigenvalue weighted by atomic mass is 32.2. The van der Waals surface area contributed by atoms with E-state index in [0.29, 0.717) is 0 Å². The Morgan fingerprint density at radius 2 is 1.15 bits per heavy atom. The molecule has 3 rings (SSSR count). The minimum Gasteiger partial charge on any atom is -0.279 e. The fourth-order valence-electron chi connectivity index (χ4n) is 3.94. The molecule has 1 N–H and O–H groups in total. The molecule has 0 unspecified atom stereocenters. The van der Waals surface area contributed by atoms with Crippen LogP contribution >= 0.6 is 0 Å². The molecule has 1 aromatic rings. The fraction of sp³-hybridized carbons (Fsp3) is 0.684. The van der Waals surface area contributed by atoms with Crippen LogP contribution in [0, 0.1) is 0 Å². The van der Waals surface area contributed by atoms with Crippen LogP contribution in [0.25, 0.3) is 0 Å². The molecule has 0 aromatic heterocycles. The lowest BCUT2D eigenvalue weighted by molar-refractivity contribution is -0.0510. The Labute approximate surface area is 153 Å². The van der Waals surface area contributed by atoms with Crippen LogP contribution < -0.4 is 0 Å². The average molecular weight is 392 g/mol. The summed E-state index contributed by atoms with van der Waals surface area (Å²) in [7, 11) is -5.84. The first-order chi connectivity index (χ1) is 12.2. The maximum Gasteiger partial charge on any atom is 0.522 e. The van der Waals surface area contributed by atoms with E-state index in [9.17, 15) is 13.2 Å². The normalized spacial score (nSPS) is 20.3. The predicted molar refractivity (Wildman–Crippen MR) is 95.7 cm³/mol. The molecule has 148 valence electrons. The Balaban J connectivity index is 0.000000260. The molecule has 2 aliphatic carbocycles. The predicted octanol–water partition coefficient (Wildman–Crippen LogP) is 6.18. The van der Waals surface area contributed by atoms with E-state index in [2.05, 4.69) is 24.3 Å². The van der Waals surface area contributed by atoms with Gasteiger partial charge in [0.2, 0.25) is 0 Å². The van der Waals surface area contributed by atoms with Gasteiger partial charge in [0.25, 0.3) is 0 Å². The SMILES string of the molecule is O=S(=O)(O)C(F)(F)F.c1cc(C2CCCCC2)cc(C2CCCCC2)c1. The van der Waals surface area contributed by atoms with Gasteiger partial charge in [-0.15, -0.1) is 0 Å². The van der Waals surface area contributed by atoms with Crippen LogP contribution in [0.15, 0.2) is 24.3 Å². The number of benzene rings is 1. The van der Waals surface area contributed by atoms with Crippen molar-refractivity contribution in [3.63, 3.8) is 0 Å². The van der Waals surface area contributed by atoms with E-state index in [4.69, 9.17) is 13.0 Å². The Morgan fingerprint density at radius 1 is 0.808 bits per heavy atom. The van der Waals surface area contributed by atoms with Crippen LogP contribution in [0.2, 0.25) is 0 Å². The monoisotopic (exact) mass is 392 g/mol. The first-order valence-electron chi connectivity index (χ1n) is 9.32. The van der Waals surface area contributed by atoms with Crippen molar-refractivity contribution in [2.24, 2.45) is 0 Å². The number of alkyl halides is 3. The van der Waals surface area contributed by atoms with Gasteiger partial charge in [-0.25, -0.2) is 0 Å². The molecule has 26 heavy (non-hydrogen) atoms. The second kappa shape index (κ2) is 9.22. The third-order valence-electron chi connectivity index (χ3n) is 5.36. The second-order valence-corrected chi connectivity index (χ2v) is 8.67. The van der Waals surface area contributed by atoms with Crippen molar-refractivity contribution in [2.45, 2.75) is 81.6 Å². The largest absolute Gasteiger partial charge is 0.522 e. The lowest BCUT2D eigenvalue weighted by Crippen LogP contribution is -2.21. The highest BCUT2D eigenvalue weighted by Gasteiger charge is 2.44. The summed E-state index contributed by atoms with van der Waals surface area (Å²) in [6.45, 7) is 0. The zero-order chi connectivity index (χ0) is 19.2. The van der Waals surface area contributed by atoms with Gasteiger partial charge in [0.15, 0.2) is 0 Å². The van der Waals surface area contributed by atoms with E-state index in [1.54, 1.807) is 11.1 Å². The van der Waals surface area contributed by atoms with Crippen LogP contribution in [0.5, 0.6) is 0 Å². The van der Waals surface area contributed by atoms with Gasteiger partial charge >= 0.3 is 15.6 Å². The van der Waals surface area contributed by atoms with Crippen molar-refractivity contribution < 1.29 is 26.1 Å². The molecule has 0 aliphatic heterocycles. The summed E-state index contributed by atoms with van der Waals surface area (Å²) in [5.74, 6) is 1.73. The molecule has 0 saturated heterocycles. The van der Waals surface area contributed by atoms with E-state index in [1.807, 2.05) is 0 Å². The standard InChI is InChI=1S/C18H26.CHF3O3S/c1-3-8-15(9-4-1)17-12-7-13-18(14-17)16-10-5-2-6-11-16;2-1(3,4)8(5,6)7/h7,12-16H,1-6,8-11H2;(H,5,6,7). The number of hydrogen-bond donors (Lipinski definition) is 1. The maximum atomic E-state index is 10.7. The summed E-state index contributed by atoms with van der Waals surface area (Å²) in [4.78, 5) is 0. The molecule has 2 fully saturated rings. The molecule has 0 radical (unpaired) electrons. The number of halogens is 3. The Hall–Kier alpha value is -1.08. The van der Waals surface area contributed by atoms with E-state index in [1.165, 1.54) is 64.2 Å². The van der Waals surface area contributed by atoms with Gasteiger partial charge < -0.3 is 0 Å². The van der Waals surface area contributed by atoms with Crippen molar-refractivity contribution in [1.82, 2.24) is 0 Å². The quantitative estimate of drug-likeness (QED) is 0.483. The lowest BCUT2D eigenvalue weighted by atomic mass is 9.80. The van der Waals surface area contributed by atoms with Gasteiger partial charge in [-0.1, -0.05) is 62.8 Å². The number of hydrogen-bond acceptors (Lipinski definition) is 2. The topological polar surface area (TPSA) is 54.4 Å². The van der Waals surface area contributed by atoms with Gasteiger partial charge in [-0.2, -0.15) is 21.6 Å². The van der Waals surface area contributed by atoms with Gasteiger partial charge in [0.05, 0.1) is 0 Å². The third kappa shape index (κ3) is 6.27. The van der Waals surface area contributed by atoms with E-state index in [-0.39, 0.29) is 0 Å². The van der Waals surface area contributed by atoms with Crippen LogP contribution in [0.4, 0.5) is 13.2 Å². The summed E-state index contributed by atoms with van der Waals surface area (Å²) < 4.78 is 57.5. The molecule has 3 nitrogen and oxygen atoms in total. The molecule has 1 aromatic carbocycles. The fourth-order valence-corrected chi connectivity index (χ4v) is 3.94. The lowest BCUT2D eigenvalue weighted by Gasteiger charge is -2.25. The third-order valence-corrected chi connectivity index (χ3v) is 5.94. The molecule has 0 heterocycles. The molecule has 7 heteroatoms. The van der Waals surface area contributed by atoms with Crippen molar-refractivity contribution in [2.75, 3.05) is 0 Å². The Kier molecular flexibility index (Phi) is 7.52. The van der Waals surface area contributed by atoms with E-state index in [0.717, 1.165) is 11.8 Å². The summed E-state index contributed by atoms with van der Waals surface area (Å²) >= 11 is 0. The van der Waals surface area contributed by atoms with E-state index >= 15 is 0 Å². The first-order valence-corrected chi connectivity index (χ1v) is 10.8. The summed E-state index contributed by atoms with van der Waals surface area (Å²) in [5.41, 5.74) is -2.26. The molecule has 2 saturated carbocycles. The minimum absolute atomic E-state index is 0.863. The summed E-state index contributed by atoms with van der Waals surface area (Å²) in [6, 6.07) is 9.62. The minimum atomic E-state index is -5.84. The van der Waals surface area contributed by atoms with Gasteiger partial charge in [-0.3, -0.25) is 4.55 Å². The number of rotatable bonds is 2. The second-order valence-electron chi connectivity index (χ2n) is 7.26. The van der Waals surface area contributed by atoms with Crippen LogP contribution in [-0.2, 0) is 10.1 Å². The average Bonchev–Trinajstić information content (AvgIpc) is 2.62. The Morgan fingerprint density at radius 3 is 1.46 bits per heavy atom. The smallest absolute Gasteiger partial charge is 0.279 e. The highest BCUT2D eigenvalue weighted by molar-refractivity contribution is 7.86.